The number of rotatable bonds is 9. The molecule has 0 aliphatic carbocycles. The molecule has 4 N–H and O–H groups in total. The van der Waals surface area contributed by atoms with E-state index in [1.807, 2.05) is 24.3 Å². The molecule has 1 heterocycles. The van der Waals surface area contributed by atoms with Crippen molar-refractivity contribution < 1.29 is 9.90 Å². The molecule has 2 aromatic rings. The molecule has 0 aliphatic heterocycles. The Labute approximate surface area is 141 Å². The van der Waals surface area contributed by atoms with E-state index < -0.39 is 0 Å². The molecule has 0 unspecified atom stereocenters. The molecule has 1 aromatic carbocycles. The Hall–Kier alpha value is -2.18. The molecule has 0 aliphatic rings. The second kappa shape index (κ2) is 9.20. The number of benzene rings is 1. The van der Waals surface area contributed by atoms with Gasteiger partial charge >= 0.3 is 0 Å². The first-order valence-electron chi connectivity index (χ1n) is 8.40. The molecule has 1 aromatic heterocycles. The van der Waals surface area contributed by atoms with Gasteiger partial charge < -0.3 is 20.7 Å². The van der Waals surface area contributed by atoms with E-state index in [9.17, 15) is 9.59 Å². The van der Waals surface area contributed by atoms with Gasteiger partial charge in [-0.1, -0.05) is 31.0 Å². The number of fused-ring (bicyclic) bond motifs is 1. The fourth-order valence-corrected chi connectivity index (χ4v) is 2.79. The molecule has 24 heavy (non-hydrogen) atoms. The Morgan fingerprint density at radius 3 is 2.67 bits per heavy atom. The molecular weight excluding hydrogens is 306 g/mol. The van der Waals surface area contributed by atoms with Crippen LogP contribution >= 0.6 is 0 Å². The highest BCUT2D eigenvalue weighted by molar-refractivity contribution is 6.06. The molecule has 2 rings (SSSR count). The molecule has 6 nitrogen and oxygen atoms in total. The van der Waals surface area contributed by atoms with Crippen LogP contribution in [0.25, 0.3) is 10.9 Å². The van der Waals surface area contributed by atoms with Crippen molar-refractivity contribution in [2.75, 3.05) is 19.7 Å². The largest absolute Gasteiger partial charge is 0.395 e. The molecule has 0 saturated heterocycles. The summed E-state index contributed by atoms with van der Waals surface area (Å²) in [6, 6.07) is 8.80. The first kappa shape index (κ1) is 18.2. The molecule has 0 saturated carbocycles. The average molecular weight is 331 g/mol. The number of aryl methyl sites for hydroxylation is 1. The highest BCUT2D eigenvalue weighted by Crippen LogP contribution is 2.17. The predicted molar refractivity (Wildman–Crippen MR) is 95.1 cm³/mol. The van der Waals surface area contributed by atoms with Crippen molar-refractivity contribution in [1.29, 1.82) is 0 Å². The summed E-state index contributed by atoms with van der Waals surface area (Å²) in [5.41, 5.74) is 6.42. The number of unbranched alkanes of at least 4 members (excludes halogenated alkanes) is 3. The monoisotopic (exact) mass is 331 g/mol. The molecular formula is C18H25N3O3. The maximum Gasteiger partial charge on any atom is 0.252 e. The lowest BCUT2D eigenvalue weighted by atomic mass is 10.1. The van der Waals surface area contributed by atoms with Crippen molar-refractivity contribution in [3.05, 3.63) is 46.2 Å². The van der Waals surface area contributed by atoms with Gasteiger partial charge in [0.25, 0.3) is 11.5 Å². The first-order valence-corrected chi connectivity index (χ1v) is 8.40. The average Bonchev–Trinajstić information content (AvgIpc) is 2.60. The summed E-state index contributed by atoms with van der Waals surface area (Å²) in [7, 11) is 0. The van der Waals surface area contributed by atoms with Gasteiger partial charge in [-0.2, -0.15) is 0 Å². The zero-order valence-corrected chi connectivity index (χ0v) is 13.8. The van der Waals surface area contributed by atoms with Crippen LogP contribution in [0, 0.1) is 0 Å². The van der Waals surface area contributed by atoms with Crippen LogP contribution in [0.4, 0.5) is 0 Å². The maximum absolute atomic E-state index is 12.5. The van der Waals surface area contributed by atoms with Crippen molar-refractivity contribution in [2.24, 2.45) is 5.73 Å². The van der Waals surface area contributed by atoms with E-state index >= 15 is 0 Å². The molecule has 0 spiro atoms. The number of nitrogens with one attached hydrogen (secondary N) is 1. The first-order chi connectivity index (χ1) is 11.7. The number of aliphatic hydroxyl groups excluding tert-OH is 1. The predicted octanol–water partition coefficient (Wildman–Crippen LogP) is 1.24. The number of aromatic nitrogens is 1. The van der Waals surface area contributed by atoms with Gasteiger partial charge in [0, 0.05) is 24.5 Å². The number of carbonyl (C=O) groups is 1. The summed E-state index contributed by atoms with van der Waals surface area (Å²) in [5, 5.41) is 12.2. The number of hydrogen-bond donors (Lipinski definition) is 3. The second-order valence-electron chi connectivity index (χ2n) is 5.75. The summed E-state index contributed by atoms with van der Waals surface area (Å²) < 4.78 is 1.72. The number of pyridine rings is 1. The number of nitrogens with two attached hydrogens (primary N) is 1. The Kier molecular flexibility index (Phi) is 6.96. The second-order valence-corrected chi connectivity index (χ2v) is 5.75. The SMILES string of the molecule is NCCCCCCn1c(=O)cc(C(=O)NCCO)c2ccccc21. The summed E-state index contributed by atoms with van der Waals surface area (Å²) in [6.45, 7) is 1.35. The zero-order chi connectivity index (χ0) is 17.4. The summed E-state index contributed by atoms with van der Waals surface area (Å²) >= 11 is 0. The molecule has 0 bridgehead atoms. The Morgan fingerprint density at radius 2 is 1.92 bits per heavy atom. The highest BCUT2D eigenvalue weighted by Gasteiger charge is 2.14. The summed E-state index contributed by atoms with van der Waals surface area (Å²) in [4.78, 5) is 24.7. The lowest BCUT2D eigenvalue weighted by Gasteiger charge is -2.13. The van der Waals surface area contributed by atoms with E-state index in [-0.39, 0.29) is 24.6 Å². The smallest absolute Gasteiger partial charge is 0.252 e. The van der Waals surface area contributed by atoms with E-state index in [0.717, 1.165) is 36.6 Å². The standard InChI is InChI=1S/C18H25N3O3/c19-9-5-1-2-6-11-21-16-8-4-3-7-14(16)15(13-17(21)23)18(24)20-10-12-22/h3-4,7-8,13,22H,1-2,5-6,9-12,19H2,(H,20,24). The van der Waals surface area contributed by atoms with Crippen LogP contribution in [0.1, 0.15) is 36.0 Å². The van der Waals surface area contributed by atoms with E-state index in [4.69, 9.17) is 10.8 Å². The van der Waals surface area contributed by atoms with Crippen molar-refractivity contribution in [2.45, 2.75) is 32.2 Å². The van der Waals surface area contributed by atoms with Crippen LogP contribution in [-0.2, 0) is 6.54 Å². The number of hydrogen-bond acceptors (Lipinski definition) is 4. The van der Waals surface area contributed by atoms with Gasteiger partial charge in [-0.15, -0.1) is 0 Å². The normalized spacial score (nSPS) is 10.9. The van der Waals surface area contributed by atoms with E-state index in [1.54, 1.807) is 4.57 Å². The van der Waals surface area contributed by atoms with Gasteiger partial charge in [0.2, 0.25) is 0 Å². The van der Waals surface area contributed by atoms with E-state index in [1.165, 1.54) is 6.07 Å². The third-order valence-corrected chi connectivity index (χ3v) is 4.00. The fourth-order valence-electron chi connectivity index (χ4n) is 2.79. The van der Waals surface area contributed by atoms with Crippen LogP contribution in [0.3, 0.4) is 0 Å². The number of para-hydroxylation sites is 1. The summed E-state index contributed by atoms with van der Waals surface area (Å²) in [5.74, 6) is -0.340. The lowest BCUT2D eigenvalue weighted by Crippen LogP contribution is -2.29. The van der Waals surface area contributed by atoms with Crippen LogP contribution in [0.5, 0.6) is 0 Å². The maximum atomic E-state index is 12.5. The third kappa shape index (κ3) is 4.43. The molecule has 6 heteroatoms. The van der Waals surface area contributed by atoms with Crippen LogP contribution in [0.2, 0.25) is 0 Å². The van der Waals surface area contributed by atoms with Gasteiger partial charge in [0.1, 0.15) is 0 Å². The Bertz CT molecular complexity index is 740. The van der Waals surface area contributed by atoms with Crippen LogP contribution in [0.15, 0.2) is 35.1 Å². The third-order valence-electron chi connectivity index (χ3n) is 4.00. The quantitative estimate of drug-likeness (QED) is 0.602. The van der Waals surface area contributed by atoms with Crippen LogP contribution < -0.4 is 16.6 Å². The summed E-state index contributed by atoms with van der Waals surface area (Å²) in [6.07, 6.45) is 3.99. The minimum absolute atomic E-state index is 0.135. The number of nitrogens with zero attached hydrogens (tertiary/aromatic N) is 1. The highest BCUT2D eigenvalue weighted by atomic mass is 16.3. The molecule has 1 amide bonds. The van der Waals surface area contributed by atoms with Crippen LogP contribution in [-0.4, -0.2) is 35.3 Å². The topological polar surface area (TPSA) is 97.4 Å². The van der Waals surface area contributed by atoms with E-state index in [2.05, 4.69) is 5.32 Å². The molecule has 0 atom stereocenters. The van der Waals surface area contributed by atoms with Crippen molar-refractivity contribution in [3.8, 4) is 0 Å². The Morgan fingerprint density at radius 1 is 1.17 bits per heavy atom. The minimum Gasteiger partial charge on any atom is -0.395 e. The Balaban J connectivity index is 2.29. The van der Waals surface area contributed by atoms with Crippen molar-refractivity contribution in [3.63, 3.8) is 0 Å². The van der Waals surface area contributed by atoms with Gasteiger partial charge in [-0.05, 0) is 25.5 Å². The van der Waals surface area contributed by atoms with Gasteiger partial charge in [0.15, 0.2) is 0 Å². The van der Waals surface area contributed by atoms with Crippen molar-refractivity contribution >= 4 is 16.8 Å². The molecule has 0 radical (unpaired) electrons. The van der Waals surface area contributed by atoms with Gasteiger partial charge in [-0.25, -0.2) is 0 Å². The van der Waals surface area contributed by atoms with Gasteiger partial charge in [0.05, 0.1) is 17.7 Å². The number of carbonyl (C=O) groups excluding carboxylic acids is 1. The molecule has 0 fully saturated rings. The lowest BCUT2D eigenvalue weighted by molar-refractivity contribution is 0.0946. The molecule has 130 valence electrons. The van der Waals surface area contributed by atoms with E-state index in [0.29, 0.717) is 18.7 Å². The van der Waals surface area contributed by atoms with Gasteiger partial charge in [-0.3, -0.25) is 9.59 Å². The van der Waals surface area contributed by atoms with Crippen molar-refractivity contribution in [1.82, 2.24) is 9.88 Å². The number of aliphatic hydroxyl groups is 1. The number of amides is 1. The zero-order valence-electron chi connectivity index (χ0n) is 13.8. The minimum atomic E-state index is -0.340. The fraction of sp³-hybridized carbons (Fsp3) is 0.444.